The van der Waals surface area contributed by atoms with Gasteiger partial charge in [0.25, 0.3) is 5.91 Å². The zero-order valence-electron chi connectivity index (χ0n) is 13.0. The van der Waals surface area contributed by atoms with Crippen molar-refractivity contribution in [2.45, 2.75) is 57.6 Å². The second kappa shape index (κ2) is 5.44. The largest absolute Gasteiger partial charge is 0.388 e. The number of nitrogens with zero attached hydrogens (tertiary/aromatic N) is 3. The first-order valence-corrected chi connectivity index (χ1v) is 8.01. The smallest absolute Gasteiger partial charge is 0.271 e. The van der Waals surface area contributed by atoms with E-state index in [1.54, 1.807) is 18.1 Å². The average Bonchev–Trinajstić information content (AvgIpc) is 3.04. The summed E-state index contributed by atoms with van der Waals surface area (Å²) in [5, 5.41) is 10.5. The third-order valence-corrected chi connectivity index (χ3v) is 4.95. The minimum absolute atomic E-state index is 0.0244. The van der Waals surface area contributed by atoms with Gasteiger partial charge < -0.3 is 14.6 Å². The van der Waals surface area contributed by atoms with Gasteiger partial charge in [0.2, 0.25) is 0 Å². The van der Waals surface area contributed by atoms with E-state index in [9.17, 15) is 9.90 Å². The summed E-state index contributed by atoms with van der Waals surface area (Å²) in [5.41, 5.74) is -0.0232. The summed E-state index contributed by atoms with van der Waals surface area (Å²) in [5.74, 6) is 1.63. The molecular formula is C16H25N3O2. The van der Waals surface area contributed by atoms with E-state index in [0.29, 0.717) is 18.2 Å². The number of carbonyl (C=O) groups excluding carboxylic acids is 1. The normalized spacial score (nSPS) is 23.9. The van der Waals surface area contributed by atoms with E-state index in [1.807, 2.05) is 0 Å². The summed E-state index contributed by atoms with van der Waals surface area (Å²) in [7, 11) is 1.78. The molecule has 0 aromatic carbocycles. The van der Waals surface area contributed by atoms with Gasteiger partial charge >= 0.3 is 0 Å². The Labute approximate surface area is 126 Å². The van der Waals surface area contributed by atoms with Gasteiger partial charge in [-0.15, -0.1) is 0 Å². The summed E-state index contributed by atoms with van der Waals surface area (Å²) in [6.45, 7) is 3.51. The molecule has 1 unspecified atom stereocenters. The Morgan fingerprint density at radius 3 is 2.95 bits per heavy atom. The van der Waals surface area contributed by atoms with Crippen LogP contribution in [0.15, 0.2) is 6.20 Å². The van der Waals surface area contributed by atoms with Crippen molar-refractivity contribution in [2.75, 3.05) is 13.6 Å². The van der Waals surface area contributed by atoms with Crippen LogP contribution in [0.3, 0.4) is 0 Å². The van der Waals surface area contributed by atoms with Crippen LogP contribution in [0.4, 0.5) is 0 Å². The van der Waals surface area contributed by atoms with Crippen LogP contribution in [0.1, 0.15) is 55.3 Å². The highest BCUT2D eigenvalue weighted by Gasteiger charge is 2.34. The quantitative estimate of drug-likeness (QED) is 0.924. The van der Waals surface area contributed by atoms with Gasteiger partial charge in [0.05, 0.1) is 11.8 Å². The van der Waals surface area contributed by atoms with Crippen LogP contribution in [-0.2, 0) is 13.0 Å². The first-order chi connectivity index (χ1) is 9.98. The molecule has 1 aliphatic heterocycles. The summed E-state index contributed by atoms with van der Waals surface area (Å²) in [6.07, 6.45) is 7.44. The van der Waals surface area contributed by atoms with E-state index in [0.717, 1.165) is 50.9 Å². The molecule has 2 heterocycles. The molecule has 116 valence electrons. The number of aliphatic hydroxyl groups is 1. The lowest BCUT2D eigenvalue weighted by Crippen LogP contribution is -2.42. The van der Waals surface area contributed by atoms with Crippen molar-refractivity contribution in [2.24, 2.45) is 5.92 Å². The minimum atomic E-state index is -0.691. The first-order valence-electron chi connectivity index (χ1n) is 8.01. The molecule has 1 atom stereocenters. The lowest BCUT2D eigenvalue weighted by molar-refractivity contribution is 0.0152. The van der Waals surface area contributed by atoms with Crippen LogP contribution in [0, 0.1) is 5.92 Å². The molecule has 2 aliphatic rings. The number of hydrogen-bond acceptors (Lipinski definition) is 3. The Bertz CT molecular complexity index is 532. The topological polar surface area (TPSA) is 58.4 Å². The van der Waals surface area contributed by atoms with Crippen molar-refractivity contribution in [3.63, 3.8) is 0 Å². The Kier molecular flexibility index (Phi) is 3.78. The Balaban J connectivity index is 1.73. The molecule has 1 saturated carbocycles. The van der Waals surface area contributed by atoms with E-state index < -0.39 is 5.60 Å². The number of hydrogen-bond donors (Lipinski definition) is 1. The molecule has 1 N–H and O–H groups in total. The summed E-state index contributed by atoms with van der Waals surface area (Å²) < 4.78 is 2.05. The Hall–Kier alpha value is -1.36. The van der Waals surface area contributed by atoms with Gasteiger partial charge in [-0.2, -0.15) is 0 Å². The standard InChI is InChI=1S/C16H25N3O2/c1-12-5-8-19-13(10-17-14(19)9-12)15(20)18(2)11-16(21)6-3-4-7-16/h10,12,21H,3-9,11H2,1-2H3. The number of rotatable bonds is 3. The monoisotopic (exact) mass is 291 g/mol. The first kappa shape index (κ1) is 14.6. The molecule has 1 aromatic rings. The van der Waals surface area contributed by atoms with Crippen molar-refractivity contribution in [3.05, 3.63) is 17.7 Å². The second-order valence-corrected chi connectivity index (χ2v) is 6.90. The fourth-order valence-corrected chi connectivity index (χ4v) is 3.66. The van der Waals surface area contributed by atoms with E-state index in [1.165, 1.54) is 0 Å². The molecule has 21 heavy (non-hydrogen) atoms. The number of likely N-dealkylation sites (N-methyl/N-ethyl adjacent to an activating group) is 1. The van der Waals surface area contributed by atoms with Gasteiger partial charge in [-0.1, -0.05) is 19.8 Å². The lowest BCUT2D eigenvalue weighted by Gasteiger charge is -2.29. The van der Waals surface area contributed by atoms with Gasteiger partial charge in [-0.25, -0.2) is 4.98 Å². The van der Waals surface area contributed by atoms with Crippen LogP contribution >= 0.6 is 0 Å². The molecule has 0 radical (unpaired) electrons. The van der Waals surface area contributed by atoms with Gasteiger partial charge in [0, 0.05) is 26.6 Å². The predicted octanol–water partition coefficient (Wildman–Crippen LogP) is 1.84. The second-order valence-electron chi connectivity index (χ2n) is 6.90. The summed E-state index contributed by atoms with van der Waals surface area (Å²) in [6, 6.07) is 0. The van der Waals surface area contributed by atoms with Crippen molar-refractivity contribution in [1.29, 1.82) is 0 Å². The maximum absolute atomic E-state index is 12.6. The molecule has 1 aliphatic carbocycles. The van der Waals surface area contributed by atoms with Crippen LogP contribution in [0.2, 0.25) is 0 Å². The maximum atomic E-state index is 12.6. The van der Waals surface area contributed by atoms with Gasteiger partial charge in [-0.05, 0) is 25.2 Å². The fraction of sp³-hybridized carbons (Fsp3) is 0.750. The van der Waals surface area contributed by atoms with E-state index >= 15 is 0 Å². The molecule has 0 saturated heterocycles. The van der Waals surface area contributed by atoms with E-state index in [2.05, 4.69) is 16.5 Å². The summed E-state index contributed by atoms with van der Waals surface area (Å²) in [4.78, 5) is 18.7. The molecular weight excluding hydrogens is 266 g/mol. The highest BCUT2D eigenvalue weighted by atomic mass is 16.3. The number of fused-ring (bicyclic) bond motifs is 1. The van der Waals surface area contributed by atoms with Crippen molar-refractivity contribution < 1.29 is 9.90 Å². The molecule has 0 bridgehead atoms. The van der Waals surface area contributed by atoms with Crippen molar-refractivity contribution >= 4 is 5.91 Å². The summed E-state index contributed by atoms with van der Waals surface area (Å²) >= 11 is 0. The Morgan fingerprint density at radius 1 is 1.52 bits per heavy atom. The Morgan fingerprint density at radius 2 is 2.24 bits per heavy atom. The highest BCUT2D eigenvalue weighted by molar-refractivity contribution is 5.92. The maximum Gasteiger partial charge on any atom is 0.271 e. The predicted molar refractivity (Wildman–Crippen MR) is 80.1 cm³/mol. The van der Waals surface area contributed by atoms with Crippen molar-refractivity contribution in [3.8, 4) is 0 Å². The molecule has 5 nitrogen and oxygen atoms in total. The van der Waals surface area contributed by atoms with E-state index in [4.69, 9.17) is 0 Å². The van der Waals surface area contributed by atoms with Crippen LogP contribution in [0.25, 0.3) is 0 Å². The minimum Gasteiger partial charge on any atom is -0.388 e. The molecule has 0 spiro atoms. The third kappa shape index (κ3) is 2.84. The van der Waals surface area contributed by atoms with Crippen LogP contribution < -0.4 is 0 Å². The third-order valence-electron chi connectivity index (χ3n) is 4.95. The average molecular weight is 291 g/mol. The number of amides is 1. The lowest BCUT2D eigenvalue weighted by atomic mass is 10.0. The van der Waals surface area contributed by atoms with Gasteiger partial charge in [0.1, 0.15) is 11.5 Å². The van der Waals surface area contributed by atoms with Crippen LogP contribution in [-0.4, -0.2) is 44.7 Å². The van der Waals surface area contributed by atoms with Crippen molar-refractivity contribution in [1.82, 2.24) is 14.5 Å². The molecule has 3 rings (SSSR count). The number of carbonyl (C=O) groups is 1. The highest BCUT2D eigenvalue weighted by Crippen LogP contribution is 2.30. The van der Waals surface area contributed by atoms with E-state index in [-0.39, 0.29) is 5.91 Å². The SMILES string of the molecule is CC1CCn2c(C(=O)N(C)CC3(O)CCCC3)cnc2C1. The number of imidazole rings is 1. The molecule has 1 amide bonds. The molecule has 1 aromatic heterocycles. The molecule has 5 heteroatoms. The zero-order chi connectivity index (χ0) is 15.0. The molecule has 1 fully saturated rings. The fourth-order valence-electron chi connectivity index (χ4n) is 3.66. The van der Waals surface area contributed by atoms with Gasteiger partial charge in [0.15, 0.2) is 0 Å². The van der Waals surface area contributed by atoms with Crippen LogP contribution in [0.5, 0.6) is 0 Å². The number of aromatic nitrogens is 2. The zero-order valence-corrected chi connectivity index (χ0v) is 13.0. The van der Waals surface area contributed by atoms with Gasteiger partial charge in [-0.3, -0.25) is 4.79 Å².